The fourth-order valence-electron chi connectivity index (χ4n) is 3.03. The van der Waals surface area contributed by atoms with Crippen molar-refractivity contribution in [1.29, 1.82) is 0 Å². The van der Waals surface area contributed by atoms with E-state index in [0.717, 1.165) is 21.8 Å². The van der Waals surface area contributed by atoms with E-state index >= 15 is 0 Å². The second-order valence-corrected chi connectivity index (χ2v) is 7.26. The van der Waals surface area contributed by atoms with E-state index in [4.69, 9.17) is 18.6 Å². The van der Waals surface area contributed by atoms with Gasteiger partial charge in [-0.15, -0.1) is 10.2 Å². The Bertz CT molecular complexity index is 1170. The third-order valence-electron chi connectivity index (χ3n) is 4.39. The molecule has 2 aromatic carbocycles. The minimum absolute atomic E-state index is 0.369. The van der Waals surface area contributed by atoms with Gasteiger partial charge in [-0.25, -0.2) is 9.97 Å². The van der Waals surface area contributed by atoms with Crippen LogP contribution < -0.4 is 14.2 Å². The molecule has 0 radical (unpaired) electrons. The summed E-state index contributed by atoms with van der Waals surface area (Å²) in [4.78, 5) is 9.03. The van der Waals surface area contributed by atoms with Crippen molar-refractivity contribution in [1.82, 2.24) is 20.2 Å². The van der Waals surface area contributed by atoms with Crippen LogP contribution in [0.25, 0.3) is 22.4 Å². The summed E-state index contributed by atoms with van der Waals surface area (Å²) in [5.41, 5.74) is 1.59. The Hall–Kier alpha value is -3.33. The zero-order valence-corrected chi connectivity index (χ0v) is 17.8. The smallest absolute Gasteiger partial charge is 0.248 e. The lowest BCUT2D eigenvalue weighted by Crippen LogP contribution is -1.95. The second kappa shape index (κ2) is 8.58. The first-order chi connectivity index (χ1) is 14.6. The van der Waals surface area contributed by atoms with Gasteiger partial charge >= 0.3 is 0 Å². The maximum atomic E-state index is 5.87. The standard InChI is InChI=1S/C21H20N4O4S/c1-12-22-15-8-6-5-7-14(15)21(23-12)30-11-18-24-25-20(29-18)13-9-16(26-2)19(28-4)17(10-13)27-3/h5-10H,11H2,1-4H3. The van der Waals surface area contributed by atoms with Crippen LogP contribution in [0.3, 0.4) is 0 Å². The molecule has 9 heteroatoms. The molecule has 8 nitrogen and oxygen atoms in total. The van der Waals surface area contributed by atoms with Crippen LogP contribution in [-0.2, 0) is 5.75 Å². The number of hydrogen-bond acceptors (Lipinski definition) is 9. The van der Waals surface area contributed by atoms with Crippen molar-refractivity contribution in [2.45, 2.75) is 17.7 Å². The van der Waals surface area contributed by atoms with Crippen LogP contribution in [0, 0.1) is 6.92 Å². The van der Waals surface area contributed by atoms with E-state index in [2.05, 4.69) is 20.2 Å². The lowest BCUT2D eigenvalue weighted by atomic mass is 10.2. The average Bonchev–Trinajstić information content (AvgIpc) is 3.25. The van der Waals surface area contributed by atoms with E-state index in [1.807, 2.05) is 31.2 Å². The van der Waals surface area contributed by atoms with Gasteiger partial charge in [0.15, 0.2) is 11.5 Å². The molecule has 0 N–H and O–H groups in total. The Balaban J connectivity index is 1.59. The van der Waals surface area contributed by atoms with Gasteiger partial charge in [-0.3, -0.25) is 0 Å². The Morgan fingerprint density at radius 2 is 1.67 bits per heavy atom. The predicted molar refractivity (Wildman–Crippen MR) is 113 cm³/mol. The summed E-state index contributed by atoms with van der Waals surface area (Å²) in [6, 6.07) is 11.5. The number of ether oxygens (including phenoxy) is 3. The van der Waals surface area contributed by atoms with E-state index in [1.54, 1.807) is 33.5 Å². The number of methoxy groups -OCH3 is 3. The summed E-state index contributed by atoms with van der Waals surface area (Å²) in [5, 5.41) is 10.2. The molecule has 0 amide bonds. The number of rotatable bonds is 7. The molecule has 0 bridgehead atoms. The maximum absolute atomic E-state index is 5.87. The number of nitrogens with zero attached hydrogens (tertiary/aromatic N) is 4. The van der Waals surface area contributed by atoms with E-state index in [9.17, 15) is 0 Å². The number of thioether (sulfide) groups is 1. The number of para-hydroxylation sites is 1. The van der Waals surface area contributed by atoms with Crippen LogP contribution in [0.1, 0.15) is 11.7 Å². The summed E-state index contributed by atoms with van der Waals surface area (Å²) in [5.74, 6) is 3.60. The van der Waals surface area contributed by atoms with Gasteiger partial charge in [-0.2, -0.15) is 0 Å². The number of benzene rings is 2. The van der Waals surface area contributed by atoms with Crippen molar-refractivity contribution in [3.05, 3.63) is 48.1 Å². The SMILES string of the molecule is COc1cc(-c2nnc(CSc3nc(C)nc4ccccc34)o2)cc(OC)c1OC. The third kappa shape index (κ3) is 3.88. The molecular weight excluding hydrogens is 404 g/mol. The lowest BCUT2D eigenvalue weighted by molar-refractivity contribution is 0.324. The molecule has 2 aromatic heterocycles. The fourth-order valence-corrected chi connectivity index (χ4v) is 3.93. The molecule has 0 aliphatic heterocycles. The van der Waals surface area contributed by atoms with Crippen LogP contribution in [0.4, 0.5) is 0 Å². The normalized spacial score (nSPS) is 10.9. The Kier molecular flexibility index (Phi) is 5.71. The Morgan fingerprint density at radius 3 is 2.37 bits per heavy atom. The van der Waals surface area contributed by atoms with Gasteiger partial charge in [0, 0.05) is 10.9 Å². The molecule has 0 aliphatic carbocycles. The molecular formula is C21H20N4O4S. The first kappa shape index (κ1) is 20.0. The van der Waals surface area contributed by atoms with Crippen LogP contribution in [0.2, 0.25) is 0 Å². The monoisotopic (exact) mass is 424 g/mol. The van der Waals surface area contributed by atoms with E-state index in [0.29, 0.717) is 40.3 Å². The van der Waals surface area contributed by atoms with Crippen LogP contribution in [0.5, 0.6) is 17.2 Å². The predicted octanol–water partition coefficient (Wildman–Crippen LogP) is 4.31. The van der Waals surface area contributed by atoms with Crippen LogP contribution in [0.15, 0.2) is 45.8 Å². The van der Waals surface area contributed by atoms with Gasteiger partial charge in [0.1, 0.15) is 10.9 Å². The third-order valence-corrected chi connectivity index (χ3v) is 5.37. The first-order valence-corrected chi connectivity index (χ1v) is 10.1. The maximum Gasteiger partial charge on any atom is 0.248 e. The van der Waals surface area contributed by atoms with Crippen molar-refractivity contribution in [3.63, 3.8) is 0 Å². The highest BCUT2D eigenvalue weighted by Gasteiger charge is 2.18. The van der Waals surface area contributed by atoms with Crippen molar-refractivity contribution >= 4 is 22.7 Å². The van der Waals surface area contributed by atoms with Gasteiger partial charge in [-0.05, 0) is 25.1 Å². The number of hydrogen-bond donors (Lipinski definition) is 0. The summed E-state index contributed by atoms with van der Waals surface area (Å²) in [6.45, 7) is 1.88. The minimum Gasteiger partial charge on any atom is -0.493 e. The molecule has 0 saturated heterocycles. The molecule has 154 valence electrons. The largest absolute Gasteiger partial charge is 0.493 e. The van der Waals surface area contributed by atoms with E-state index in [1.165, 1.54) is 11.8 Å². The quantitative estimate of drug-likeness (QED) is 0.318. The van der Waals surface area contributed by atoms with Gasteiger partial charge < -0.3 is 18.6 Å². The Labute approximate surface area is 177 Å². The molecule has 4 aromatic rings. The highest BCUT2D eigenvalue weighted by molar-refractivity contribution is 7.98. The summed E-state index contributed by atoms with van der Waals surface area (Å²) >= 11 is 1.53. The molecule has 0 fully saturated rings. The molecule has 0 atom stereocenters. The summed E-state index contributed by atoms with van der Waals surface area (Å²) in [6.07, 6.45) is 0. The molecule has 0 unspecified atom stereocenters. The van der Waals surface area contributed by atoms with E-state index in [-0.39, 0.29) is 0 Å². The van der Waals surface area contributed by atoms with Gasteiger partial charge in [0.05, 0.1) is 32.6 Å². The number of aryl methyl sites for hydroxylation is 1. The molecule has 0 saturated carbocycles. The highest BCUT2D eigenvalue weighted by atomic mass is 32.2. The molecule has 0 spiro atoms. The molecule has 30 heavy (non-hydrogen) atoms. The Morgan fingerprint density at radius 1 is 0.933 bits per heavy atom. The van der Waals surface area contributed by atoms with Gasteiger partial charge in [0.2, 0.25) is 17.5 Å². The van der Waals surface area contributed by atoms with Gasteiger partial charge in [-0.1, -0.05) is 30.0 Å². The zero-order chi connectivity index (χ0) is 21.1. The van der Waals surface area contributed by atoms with Crippen molar-refractivity contribution in [2.75, 3.05) is 21.3 Å². The summed E-state index contributed by atoms with van der Waals surface area (Å²) in [7, 11) is 4.68. The lowest BCUT2D eigenvalue weighted by Gasteiger charge is -2.12. The summed E-state index contributed by atoms with van der Waals surface area (Å²) < 4.78 is 22.0. The average molecular weight is 424 g/mol. The zero-order valence-electron chi connectivity index (χ0n) is 17.0. The first-order valence-electron chi connectivity index (χ1n) is 9.12. The van der Waals surface area contributed by atoms with E-state index < -0.39 is 0 Å². The minimum atomic E-state index is 0.369. The van der Waals surface area contributed by atoms with Crippen molar-refractivity contribution in [2.24, 2.45) is 0 Å². The molecule has 0 aliphatic rings. The van der Waals surface area contributed by atoms with Crippen LogP contribution in [-0.4, -0.2) is 41.5 Å². The van der Waals surface area contributed by atoms with Gasteiger partial charge in [0.25, 0.3) is 0 Å². The highest BCUT2D eigenvalue weighted by Crippen LogP contribution is 2.41. The van der Waals surface area contributed by atoms with Crippen molar-refractivity contribution in [3.8, 4) is 28.7 Å². The topological polar surface area (TPSA) is 92.4 Å². The molecule has 2 heterocycles. The van der Waals surface area contributed by atoms with Crippen molar-refractivity contribution < 1.29 is 18.6 Å². The second-order valence-electron chi connectivity index (χ2n) is 6.30. The fraction of sp³-hybridized carbons (Fsp3) is 0.238. The number of aromatic nitrogens is 4. The van der Waals surface area contributed by atoms with Crippen LogP contribution >= 0.6 is 11.8 Å². The molecule has 4 rings (SSSR count). The number of fused-ring (bicyclic) bond motifs is 1.